The van der Waals surface area contributed by atoms with E-state index in [0.717, 1.165) is 30.4 Å². The van der Waals surface area contributed by atoms with E-state index in [4.69, 9.17) is 9.47 Å². The molecule has 0 spiro atoms. The Morgan fingerprint density at radius 3 is 2.60 bits per heavy atom. The molecular weight excluding hydrogens is 250 g/mol. The summed E-state index contributed by atoms with van der Waals surface area (Å²) in [4.78, 5) is 0. The fourth-order valence-corrected chi connectivity index (χ4v) is 2.33. The standard InChI is InChI=1S/C17H25NO2/c1-13(2)12-20-11-10-18-17(14-4-5-14)15-6-8-16(19-3)9-7-15/h6-9,14,17-18H,1,4-5,10-12H2,2-3H3. The molecule has 1 aromatic carbocycles. The van der Waals surface area contributed by atoms with Crippen LogP contribution < -0.4 is 10.1 Å². The lowest BCUT2D eigenvalue weighted by Gasteiger charge is -2.19. The minimum Gasteiger partial charge on any atom is -0.497 e. The van der Waals surface area contributed by atoms with E-state index >= 15 is 0 Å². The van der Waals surface area contributed by atoms with Gasteiger partial charge in [0.05, 0.1) is 20.3 Å². The normalized spacial score (nSPS) is 15.9. The zero-order chi connectivity index (χ0) is 14.4. The molecule has 20 heavy (non-hydrogen) atoms. The Morgan fingerprint density at radius 2 is 2.05 bits per heavy atom. The molecule has 0 radical (unpaired) electrons. The molecule has 1 N–H and O–H groups in total. The summed E-state index contributed by atoms with van der Waals surface area (Å²) in [5.74, 6) is 1.68. The molecule has 0 bridgehead atoms. The predicted octanol–water partition coefficient (Wildman–Crippen LogP) is 3.33. The van der Waals surface area contributed by atoms with Crippen molar-refractivity contribution in [3.63, 3.8) is 0 Å². The summed E-state index contributed by atoms with van der Waals surface area (Å²) >= 11 is 0. The Balaban J connectivity index is 1.82. The van der Waals surface area contributed by atoms with E-state index in [9.17, 15) is 0 Å². The molecule has 1 unspecified atom stereocenters. The summed E-state index contributed by atoms with van der Waals surface area (Å²) in [5.41, 5.74) is 2.41. The molecule has 1 atom stereocenters. The Kier molecular flexibility index (Phi) is 5.62. The lowest BCUT2D eigenvalue weighted by atomic mass is 10.0. The van der Waals surface area contributed by atoms with Gasteiger partial charge in [-0.15, -0.1) is 0 Å². The highest BCUT2D eigenvalue weighted by Crippen LogP contribution is 2.41. The van der Waals surface area contributed by atoms with Crippen molar-refractivity contribution in [2.45, 2.75) is 25.8 Å². The maximum absolute atomic E-state index is 5.54. The molecule has 2 rings (SSSR count). The average molecular weight is 275 g/mol. The molecule has 0 aromatic heterocycles. The van der Waals surface area contributed by atoms with Gasteiger partial charge in [0.2, 0.25) is 0 Å². The summed E-state index contributed by atoms with van der Waals surface area (Å²) in [7, 11) is 1.70. The van der Waals surface area contributed by atoms with Gasteiger partial charge in [-0.3, -0.25) is 0 Å². The van der Waals surface area contributed by atoms with Gasteiger partial charge < -0.3 is 14.8 Å². The van der Waals surface area contributed by atoms with Crippen LogP contribution >= 0.6 is 0 Å². The number of methoxy groups -OCH3 is 1. The van der Waals surface area contributed by atoms with Gasteiger partial charge in [0.25, 0.3) is 0 Å². The van der Waals surface area contributed by atoms with Crippen LogP contribution in [-0.4, -0.2) is 26.9 Å². The summed E-state index contributed by atoms with van der Waals surface area (Å²) in [6, 6.07) is 8.82. The van der Waals surface area contributed by atoms with Gasteiger partial charge in [0, 0.05) is 12.6 Å². The van der Waals surface area contributed by atoms with E-state index in [1.165, 1.54) is 18.4 Å². The van der Waals surface area contributed by atoms with Crippen molar-refractivity contribution in [2.24, 2.45) is 5.92 Å². The zero-order valence-corrected chi connectivity index (χ0v) is 12.5. The zero-order valence-electron chi connectivity index (χ0n) is 12.5. The second-order valence-corrected chi connectivity index (χ2v) is 5.55. The highest BCUT2D eigenvalue weighted by molar-refractivity contribution is 5.30. The molecule has 0 aliphatic heterocycles. The second kappa shape index (κ2) is 7.46. The first kappa shape index (κ1) is 15.1. The van der Waals surface area contributed by atoms with Crippen LogP contribution in [0.1, 0.15) is 31.4 Å². The number of nitrogens with one attached hydrogen (secondary N) is 1. The van der Waals surface area contributed by atoms with Crippen LogP contribution in [0.3, 0.4) is 0 Å². The van der Waals surface area contributed by atoms with E-state index in [1.54, 1.807) is 7.11 Å². The summed E-state index contributed by atoms with van der Waals surface area (Å²) in [5, 5.41) is 3.61. The van der Waals surface area contributed by atoms with Crippen LogP contribution in [0.4, 0.5) is 0 Å². The van der Waals surface area contributed by atoms with Gasteiger partial charge in [-0.25, -0.2) is 0 Å². The molecular formula is C17H25NO2. The van der Waals surface area contributed by atoms with Crippen LogP contribution in [-0.2, 0) is 4.74 Å². The van der Waals surface area contributed by atoms with Crippen LogP contribution in [0, 0.1) is 5.92 Å². The van der Waals surface area contributed by atoms with E-state index in [-0.39, 0.29) is 0 Å². The van der Waals surface area contributed by atoms with Gasteiger partial charge in [-0.05, 0) is 43.4 Å². The van der Waals surface area contributed by atoms with Crippen molar-refractivity contribution in [3.05, 3.63) is 42.0 Å². The van der Waals surface area contributed by atoms with E-state index in [0.29, 0.717) is 12.6 Å². The Morgan fingerprint density at radius 1 is 1.35 bits per heavy atom. The molecule has 1 aliphatic carbocycles. The van der Waals surface area contributed by atoms with Crippen molar-refractivity contribution in [2.75, 3.05) is 26.9 Å². The Bertz CT molecular complexity index is 423. The first-order chi connectivity index (χ1) is 9.70. The Labute approximate surface area is 122 Å². The fraction of sp³-hybridized carbons (Fsp3) is 0.529. The van der Waals surface area contributed by atoms with Crippen molar-refractivity contribution in [3.8, 4) is 5.75 Å². The quantitative estimate of drug-likeness (QED) is 0.554. The third kappa shape index (κ3) is 4.66. The van der Waals surface area contributed by atoms with Crippen molar-refractivity contribution in [1.82, 2.24) is 5.32 Å². The molecule has 1 saturated carbocycles. The van der Waals surface area contributed by atoms with Crippen LogP contribution in [0.15, 0.2) is 36.4 Å². The Hall–Kier alpha value is -1.32. The maximum Gasteiger partial charge on any atom is 0.118 e. The summed E-state index contributed by atoms with van der Waals surface area (Å²) < 4.78 is 10.7. The largest absolute Gasteiger partial charge is 0.497 e. The average Bonchev–Trinajstić information content (AvgIpc) is 3.27. The van der Waals surface area contributed by atoms with Crippen molar-refractivity contribution in [1.29, 1.82) is 0 Å². The highest BCUT2D eigenvalue weighted by Gasteiger charge is 2.31. The van der Waals surface area contributed by atoms with Crippen LogP contribution in [0.2, 0.25) is 0 Å². The minimum absolute atomic E-state index is 0.439. The lowest BCUT2D eigenvalue weighted by molar-refractivity contribution is 0.154. The predicted molar refractivity (Wildman–Crippen MR) is 82.1 cm³/mol. The number of hydrogen-bond acceptors (Lipinski definition) is 3. The van der Waals surface area contributed by atoms with E-state index < -0.39 is 0 Å². The molecule has 1 fully saturated rings. The highest BCUT2D eigenvalue weighted by atomic mass is 16.5. The summed E-state index contributed by atoms with van der Waals surface area (Å²) in [6.07, 6.45) is 2.63. The lowest BCUT2D eigenvalue weighted by Crippen LogP contribution is -2.27. The molecule has 1 aromatic rings. The van der Waals surface area contributed by atoms with E-state index in [2.05, 4.69) is 24.0 Å². The summed E-state index contributed by atoms with van der Waals surface area (Å²) in [6.45, 7) is 8.07. The van der Waals surface area contributed by atoms with Crippen molar-refractivity contribution < 1.29 is 9.47 Å². The number of rotatable bonds is 9. The molecule has 0 amide bonds. The van der Waals surface area contributed by atoms with Gasteiger partial charge in [0.1, 0.15) is 5.75 Å². The third-order valence-corrected chi connectivity index (χ3v) is 3.53. The van der Waals surface area contributed by atoms with E-state index in [1.807, 2.05) is 19.1 Å². The molecule has 0 heterocycles. The second-order valence-electron chi connectivity index (χ2n) is 5.55. The number of ether oxygens (including phenoxy) is 2. The molecule has 1 aliphatic rings. The third-order valence-electron chi connectivity index (χ3n) is 3.53. The van der Waals surface area contributed by atoms with Gasteiger partial charge in [0.15, 0.2) is 0 Å². The van der Waals surface area contributed by atoms with Gasteiger partial charge in [-0.1, -0.05) is 24.3 Å². The maximum atomic E-state index is 5.54. The van der Waals surface area contributed by atoms with Gasteiger partial charge in [-0.2, -0.15) is 0 Å². The topological polar surface area (TPSA) is 30.5 Å². The molecule has 3 nitrogen and oxygen atoms in total. The van der Waals surface area contributed by atoms with Crippen LogP contribution in [0.25, 0.3) is 0 Å². The van der Waals surface area contributed by atoms with Crippen molar-refractivity contribution >= 4 is 0 Å². The minimum atomic E-state index is 0.439. The molecule has 110 valence electrons. The molecule has 3 heteroatoms. The first-order valence-electron chi connectivity index (χ1n) is 7.30. The van der Waals surface area contributed by atoms with Gasteiger partial charge >= 0.3 is 0 Å². The number of hydrogen-bond donors (Lipinski definition) is 1. The van der Waals surface area contributed by atoms with Crippen LogP contribution in [0.5, 0.6) is 5.75 Å². The first-order valence-corrected chi connectivity index (χ1v) is 7.30. The fourth-order valence-electron chi connectivity index (χ4n) is 2.33. The SMILES string of the molecule is C=C(C)COCCNC(c1ccc(OC)cc1)C1CC1. The smallest absolute Gasteiger partial charge is 0.118 e. The molecule has 0 saturated heterocycles. The number of benzene rings is 1. The monoisotopic (exact) mass is 275 g/mol.